The fraction of sp³-hybridized carbons (Fsp3) is 0.278. The van der Waals surface area contributed by atoms with E-state index < -0.39 is 0 Å². The Morgan fingerprint density at radius 1 is 1.00 bits per heavy atom. The molecule has 6 heteroatoms. The molecule has 2 rings (SSSR count). The minimum Gasteiger partial charge on any atom is -0.493 e. The molecule has 0 unspecified atom stereocenters. The zero-order chi connectivity index (χ0) is 17.5. The van der Waals surface area contributed by atoms with Crippen molar-refractivity contribution in [1.29, 1.82) is 0 Å². The molecule has 5 nitrogen and oxygen atoms in total. The van der Waals surface area contributed by atoms with Gasteiger partial charge in [-0.25, -0.2) is 0 Å². The first-order valence-electron chi connectivity index (χ1n) is 7.35. The zero-order valence-corrected chi connectivity index (χ0v) is 15.0. The van der Waals surface area contributed by atoms with Gasteiger partial charge < -0.3 is 19.5 Å². The Labute approximate surface area is 146 Å². The third-order valence-corrected chi connectivity index (χ3v) is 4.31. The summed E-state index contributed by atoms with van der Waals surface area (Å²) in [6.45, 7) is 0. The Bertz CT molecular complexity index is 718. The van der Waals surface area contributed by atoms with E-state index in [2.05, 4.69) is 5.32 Å². The van der Waals surface area contributed by atoms with Crippen molar-refractivity contribution in [2.75, 3.05) is 32.9 Å². The van der Waals surface area contributed by atoms with Crippen molar-refractivity contribution < 1.29 is 19.0 Å². The standard InChI is InChI=1S/C18H21NO4S/c1-21-14-10-9-12(17(22-2)18(14)23-3)11-16(20)19-13-7-5-6-8-15(13)24-4/h5-10H,11H2,1-4H3,(H,19,20). The lowest BCUT2D eigenvalue weighted by Gasteiger charge is -2.16. The minimum absolute atomic E-state index is 0.123. The number of hydrogen-bond donors (Lipinski definition) is 1. The molecule has 128 valence electrons. The molecule has 0 aromatic heterocycles. The van der Waals surface area contributed by atoms with Gasteiger partial charge in [-0.1, -0.05) is 18.2 Å². The Morgan fingerprint density at radius 2 is 1.71 bits per heavy atom. The molecule has 0 saturated heterocycles. The van der Waals surface area contributed by atoms with E-state index >= 15 is 0 Å². The SMILES string of the molecule is COc1ccc(CC(=O)Nc2ccccc2SC)c(OC)c1OC. The number of nitrogens with one attached hydrogen (secondary N) is 1. The number of ether oxygens (including phenoxy) is 3. The monoisotopic (exact) mass is 347 g/mol. The first kappa shape index (κ1) is 18.0. The summed E-state index contributed by atoms with van der Waals surface area (Å²) in [4.78, 5) is 13.4. The molecular weight excluding hydrogens is 326 g/mol. The fourth-order valence-corrected chi connectivity index (χ4v) is 2.97. The summed E-state index contributed by atoms with van der Waals surface area (Å²) in [5, 5.41) is 2.94. The molecule has 0 saturated carbocycles. The van der Waals surface area contributed by atoms with Crippen molar-refractivity contribution in [1.82, 2.24) is 0 Å². The van der Waals surface area contributed by atoms with Gasteiger partial charge in [0.25, 0.3) is 0 Å². The van der Waals surface area contributed by atoms with Gasteiger partial charge in [0.15, 0.2) is 11.5 Å². The van der Waals surface area contributed by atoms with Crippen LogP contribution < -0.4 is 19.5 Å². The second-order valence-corrected chi connectivity index (χ2v) is 5.77. The topological polar surface area (TPSA) is 56.8 Å². The molecule has 24 heavy (non-hydrogen) atoms. The average molecular weight is 347 g/mol. The van der Waals surface area contributed by atoms with Gasteiger partial charge in [0.2, 0.25) is 11.7 Å². The smallest absolute Gasteiger partial charge is 0.228 e. The van der Waals surface area contributed by atoms with E-state index in [-0.39, 0.29) is 12.3 Å². The van der Waals surface area contributed by atoms with Crippen molar-refractivity contribution in [2.45, 2.75) is 11.3 Å². The van der Waals surface area contributed by atoms with Crippen molar-refractivity contribution in [3.05, 3.63) is 42.0 Å². The lowest BCUT2D eigenvalue weighted by atomic mass is 10.1. The summed E-state index contributed by atoms with van der Waals surface area (Å²) in [7, 11) is 4.64. The third kappa shape index (κ3) is 3.94. The first-order chi connectivity index (χ1) is 11.6. The Balaban J connectivity index is 2.23. The Kier molecular flexibility index (Phi) is 6.37. The van der Waals surface area contributed by atoms with E-state index in [1.807, 2.05) is 30.5 Å². The number of thioether (sulfide) groups is 1. The number of benzene rings is 2. The molecular formula is C18H21NO4S. The lowest BCUT2D eigenvalue weighted by molar-refractivity contribution is -0.115. The molecule has 0 bridgehead atoms. The minimum atomic E-state index is -0.123. The molecule has 0 spiro atoms. The van der Waals surface area contributed by atoms with Crippen LogP contribution in [0.5, 0.6) is 17.2 Å². The van der Waals surface area contributed by atoms with Crippen LogP contribution >= 0.6 is 11.8 Å². The lowest BCUT2D eigenvalue weighted by Crippen LogP contribution is -2.15. The maximum absolute atomic E-state index is 12.4. The normalized spacial score (nSPS) is 10.2. The maximum Gasteiger partial charge on any atom is 0.228 e. The largest absolute Gasteiger partial charge is 0.493 e. The predicted octanol–water partition coefficient (Wildman–Crippen LogP) is 3.62. The highest BCUT2D eigenvalue weighted by molar-refractivity contribution is 7.98. The number of methoxy groups -OCH3 is 3. The summed E-state index contributed by atoms with van der Waals surface area (Å²) in [5.41, 5.74) is 1.53. The molecule has 2 aromatic carbocycles. The highest BCUT2D eigenvalue weighted by Gasteiger charge is 2.18. The van der Waals surface area contributed by atoms with Gasteiger partial charge >= 0.3 is 0 Å². The van der Waals surface area contributed by atoms with Crippen molar-refractivity contribution >= 4 is 23.4 Å². The summed E-state index contributed by atoms with van der Waals surface area (Å²) in [5.74, 6) is 1.42. The molecule has 0 aliphatic heterocycles. The summed E-state index contributed by atoms with van der Waals surface area (Å²) in [6, 6.07) is 11.3. The van der Waals surface area contributed by atoms with Crippen LogP contribution in [0.3, 0.4) is 0 Å². The molecule has 2 aromatic rings. The number of carbonyl (C=O) groups excluding carboxylic acids is 1. The van der Waals surface area contributed by atoms with Gasteiger partial charge in [-0.2, -0.15) is 0 Å². The van der Waals surface area contributed by atoms with Gasteiger partial charge in [0, 0.05) is 10.5 Å². The van der Waals surface area contributed by atoms with Gasteiger partial charge in [-0.15, -0.1) is 11.8 Å². The quantitative estimate of drug-likeness (QED) is 0.775. The van der Waals surface area contributed by atoms with Gasteiger partial charge in [0.05, 0.1) is 33.4 Å². The van der Waals surface area contributed by atoms with E-state index in [0.717, 1.165) is 16.1 Å². The van der Waals surface area contributed by atoms with Gasteiger partial charge in [-0.05, 0) is 24.5 Å². The molecule has 1 N–H and O–H groups in total. The van der Waals surface area contributed by atoms with Crippen LogP contribution in [0.25, 0.3) is 0 Å². The van der Waals surface area contributed by atoms with E-state index in [4.69, 9.17) is 14.2 Å². The van der Waals surface area contributed by atoms with Crippen LogP contribution in [0.2, 0.25) is 0 Å². The molecule has 1 amide bonds. The van der Waals surface area contributed by atoms with Crippen LogP contribution in [0.1, 0.15) is 5.56 Å². The average Bonchev–Trinajstić information content (AvgIpc) is 2.61. The fourth-order valence-electron chi connectivity index (χ4n) is 2.42. The highest BCUT2D eigenvalue weighted by Crippen LogP contribution is 2.40. The summed E-state index contributed by atoms with van der Waals surface area (Å²) >= 11 is 1.59. The number of amides is 1. The van der Waals surface area contributed by atoms with Crippen molar-refractivity contribution in [3.63, 3.8) is 0 Å². The number of anilines is 1. The first-order valence-corrected chi connectivity index (χ1v) is 8.57. The van der Waals surface area contributed by atoms with Crippen LogP contribution in [0.4, 0.5) is 5.69 Å². The van der Waals surface area contributed by atoms with Crippen LogP contribution in [-0.2, 0) is 11.2 Å². The number of para-hydroxylation sites is 1. The third-order valence-electron chi connectivity index (χ3n) is 3.52. The Hall–Kier alpha value is -2.34. The van der Waals surface area contributed by atoms with Crippen LogP contribution in [-0.4, -0.2) is 33.5 Å². The van der Waals surface area contributed by atoms with E-state index in [0.29, 0.717) is 17.2 Å². The number of hydrogen-bond acceptors (Lipinski definition) is 5. The molecule has 0 aliphatic carbocycles. The zero-order valence-electron chi connectivity index (χ0n) is 14.2. The number of carbonyl (C=O) groups is 1. The van der Waals surface area contributed by atoms with Crippen LogP contribution in [0, 0.1) is 0 Å². The van der Waals surface area contributed by atoms with Gasteiger partial charge in [-0.3, -0.25) is 4.79 Å². The van der Waals surface area contributed by atoms with Crippen molar-refractivity contribution in [2.24, 2.45) is 0 Å². The highest BCUT2D eigenvalue weighted by atomic mass is 32.2. The maximum atomic E-state index is 12.4. The molecule has 0 heterocycles. The molecule has 0 radical (unpaired) electrons. The second kappa shape index (κ2) is 8.49. The van der Waals surface area contributed by atoms with Crippen molar-refractivity contribution in [3.8, 4) is 17.2 Å². The Morgan fingerprint density at radius 3 is 2.33 bits per heavy atom. The van der Waals surface area contributed by atoms with E-state index in [1.54, 1.807) is 45.2 Å². The summed E-state index contributed by atoms with van der Waals surface area (Å²) in [6.07, 6.45) is 2.15. The number of rotatable bonds is 7. The van der Waals surface area contributed by atoms with E-state index in [9.17, 15) is 4.79 Å². The molecule has 0 fully saturated rings. The second-order valence-electron chi connectivity index (χ2n) is 4.92. The summed E-state index contributed by atoms with van der Waals surface area (Å²) < 4.78 is 16.0. The molecule has 0 atom stereocenters. The van der Waals surface area contributed by atoms with E-state index in [1.165, 1.54) is 0 Å². The van der Waals surface area contributed by atoms with Gasteiger partial charge in [0.1, 0.15) is 0 Å². The molecule has 0 aliphatic rings. The predicted molar refractivity (Wildman–Crippen MR) is 96.7 cm³/mol. The van der Waals surface area contributed by atoms with Crippen LogP contribution in [0.15, 0.2) is 41.3 Å².